The maximum Gasteiger partial charge on any atom is 0.410 e. The Hall–Kier alpha value is -2.65. The summed E-state index contributed by atoms with van der Waals surface area (Å²) in [6.07, 6.45) is -0.623. The van der Waals surface area contributed by atoms with Crippen LogP contribution in [-0.2, 0) is 30.4 Å². The predicted molar refractivity (Wildman–Crippen MR) is 85.1 cm³/mol. The van der Waals surface area contributed by atoms with E-state index in [0.717, 1.165) is 5.56 Å². The minimum Gasteiger partial charge on any atom is -0.480 e. The number of hydrogen-bond acceptors (Lipinski definition) is 6. The lowest BCUT2D eigenvalue weighted by Gasteiger charge is -2.21. The largest absolute Gasteiger partial charge is 0.480 e. The summed E-state index contributed by atoms with van der Waals surface area (Å²) in [6.45, 7) is -0.654. The van der Waals surface area contributed by atoms with E-state index in [0.29, 0.717) is 0 Å². The molecule has 0 radical (unpaired) electrons. The van der Waals surface area contributed by atoms with Gasteiger partial charge in [-0.05, 0) is 5.56 Å². The number of rotatable bonds is 12. The van der Waals surface area contributed by atoms with Crippen LogP contribution < -0.4 is 0 Å². The van der Waals surface area contributed by atoms with Gasteiger partial charge >= 0.3 is 18.0 Å². The highest BCUT2D eigenvalue weighted by Gasteiger charge is 2.15. The molecule has 0 aromatic heterocycles. The first-order valence-electron chi connectivity index (χ1n) is 7.53. The molecule has 25 heavy (non-hydrogen) atoms. The molecule has 0 heterocycles. The third-order valence-corrected chi connectivity index (χ3v) is 2.93. The zero-order valence-electron chi connectivity index (χ0n) is 13.6. The number of amides is 1. The molecule has 1 amide bonds. The summed E-state index contributed by atoms with van der Waals surface area (Å²) in [5.41, 5.74) is 0.819. The maximum absolute atomic E-state index is 12.1. The van der Waals surface area contributed by atoms with Gasteiger partial charge in [0.15, 0.2) is 0 Å². The van der Waals surface area contributed by atoms with Gasteiger partial charge in [0, 0.05) is 13.1 Å². The molecule has 0 aliphatic carbocycles. The molecule has 0 fully saturated rings. The van der Waals surface area contributed by atoms with Crippen LogP contribution in [0.15, 0.2) is 30.3 Å². The second-order valence-corrected chi connectivity index (χ2v) is 4.92. The number of benzene rings is 1. The predicted octanol–water partition coefficient (Wildman–Crippen LogP) is 0.828. The molecule has 138 valence electrons. The molecule has 9 nitrogen and oxygen atoms in total. The molecule has 0 unspecified atom stereocenters. The van der Waals surface area contributed by atoms with Crippen molar-refractivity contribution in [1.82, 2.24) is 4.90 Å². The van der Waals surface area contributed by atoms with E-state index < -0.39 is 31.2 Å². The van der Waals surface area contributed by atoms with Crippen molar-refractivity contribution in [2.75, 3.05) is 39.5 Å². The van der Waals surface area contributed by atoms with E-state index in [2.05, 4.69) is 0 Å². The van der Waals surface area contributed by atoms with Gasteiger partial charge in [0.25, 0.3) is 0 Å². The lowest BCUT2D eigenvalue weighted by molar-refractivity contribution is -0.142. The first-order chi connectivity index (χ1) is 12.0. The van der Waals surface area contributed by atoms with Gasteiger partial charge in [-0.2, -0.15) is 0 Å². The number of ether oxygens (including phenoxy) is 3. The molecule has 0 bridgehead atoms. The van der Waals surface area contributed by atoms with Crippen LogP contribution in [0.1, 0.15) is 5.56 Å². The van der Waals surface area contributed by atoms with Crippen molar-refractivity contribution in [1.29, 1.82) is 0 Å². The minimum atomic E-state index is -1.11. The molecule has 1 aromatic rings. The summed E-state index contributed by atoms with van der Waals surface area (Å²) in [7, 11) is 0. The highest BCUT2D eigenvalue weighted by molar-refractivity contribution is 5.68. The van der Waals surface area contributed by atoms with Crippen LogP contribution in [0.4, 0.5) is 4.79 Å². The molecule has 0 aliphatic heterocycles. The van der Waals surface area contributed by atoms with Crippen molar-refractivity contribution in [2.45, 2.75) is 6.61 Å². The summed E-state index contributed by atoms with van der Waals surface area (Å²) in [5.74, 6) is -2.22. The van der Waals surface area contributed by atoms with E-state index in [9.17, 15) is 14.4 Å². The Morgan fingerprint density at radius 2 is 1.40 bits per heavy atom. The summed E-state index contributed by atoms with van der Waals surface area (Å²) in [6, 6.07) is 9.10. The summed E-state index contributed by atoms with van der Waals surface area (Å²) in [4.78, 5) is 34.2. The third-order valence-electron chi connectivity index (χ3n) is 2.93. The molecule has 1 aromatic carbocycles. The van der Waals surface area contributed by atoms with Crippen LogP contribution in [0.3, 0.4) is 0 Å². The van der Waals surface area contributed by atoms with Gasteiger partial charge < -0.3 is 29.3 Å². The van der Waals surface area contributed by atoms with Gasteiger partial charge in [0.05, 0.1) is 13.2 Å². The Balaban J connectivity index is 2.44. The highest BCUT2D eigenvalue weighted by Crippen LogP contribution is 2.03. The maximum atomic E-state index is 12.1. The molecule has 0 aliphatic rings. The molecule has 0 saturated heterocycles. The fourth-order valence-electron chi connectivity index (χ4n) is 1.77. The lowest BCUT2D eigenvalue weighted by atomic mass is 10.2. The topological polar surface area (TPSA) is 123 Å². The average molecular weight is 355 g/mol. The van der Waals surface area contributed by atoms with Crippen molar-refractivity contribution in [3.63, 3.8) is 0 Å². The van der Waals surface area contributed by atoms with Gasteiger partial charge in [-0.25, -0.2) is 14.4 Å². The van der Waals surface area contributed by atoms with E-state index >= 15 is 0 Å². The van der Waals surface area contributed by atoms with Crippen LogP contribution >= 0.6 is 0 Å². The molecule has 1 rings (SSSR count). The van der Waals surface area contributed by atoms with E-state index in [1.165, 1.54) is 4.90 Å². The van der Waals surface area contributed by atoms with Gasteiger partial charge in [-0.1, -0.05) is 30.3 Å². The minimum absolute atomic E-state index is 0.00562. The normalized spacial score (nSPS) is 10.2. The van der Waals surface area contributed by atoms with Crippen molar-refractivity contribution >= 4 is 18.0 Å². The lowest BCUT2D eigenvalue weighted by Crippen LogP contribution is -2.37. The van der Waals surface area contributed by atoms with E-state index in [1.54, 1.807) is 0 Å². The molecule has 0 saturated carbocycles. The molecular formula is C16H21NO8. The van der Waals surface area contributed by atoms with Crippen molar-refractivity contribution in [3.8, 4) is 0 Å². The fraction of sp³-hybridized carbons (Fsp3) is 0.438. The Morgan fingerprint density at radius 3 is 1.88 bits per heavy atom. The summed E-state index contributed by atoms with van der Waals surface area (Å²) in [5, 5.41) is 17.0. The number of nitrogens with zero attached hydrogens (tertiary/aromatic N) is 1. The van der Waals surface area contributed by atoms with Gasteiger partial charge in [0.1, 0.15) is 19.8 Å². The number of hydrogen-bond donors (Lipinski definition) is 2. The first kappa shape index (κ1) is 20.4. The number of carboxylic acid groups (broad SMARTS) is 2. The van der Waals surface area contributed by atoms with Crippen LogP contribution in [0.5, 0.6) is 0 Å². The summed E-state index contributed by atoms with van der Waals surface area (Å²) < 4.78 is 15.0. The average Bonchev–Trinajstić information content (AvgIpc) is 2.58. The molecular weight excluding hydrogens is 334 g/mol. The molecule has 9 heteroatoms. The standard InChI is InChI=1S/C16H21NO8/c18-14(19)11-23-8-6-17(7-9-24-12-15(20)21)16(22)25-10-13-4-2-1-3-5-13/h1-5H,6-12H2,(H,18,19)(H,20,21). The van der Waals surface area contributed by atoms with Crippen LogP contribution in [0, 0.1) is 0 Å². The van der Waals surface area contributed by atoms with Crippen LogP contribution in [0.2, 0.25) is 0 Å². The zero-order valence-corrected chi connectivity index (χ0v) is 13.6. The van der Waals surface area contributed by atoms with Crippen molar-refractivity contribution < 1.29 is 38.8 Å². The number of carbonyl (C=O) groups excluding carboxylic acids is 1. The second-order valence-electron chi connectivity index (χ2n) is 4.92. The quantitative estimate of drug-likeness (QED) is 0.529. The molecule has 2 N–H and O–H groups in total. The van der Waals surface area contributed by atoms with Crippen molar-refractivity contribution in [3.05, 3.63) is 35.9 Å². The second kappa shape index (κ2) is 11.8. The first-order valence-corrected chi connectivity index (χ1v) is 7.53. The Kier molecular flexibility index (Phi) is 9.64. The van der Waals surface area contributed by atoms with E-state index in [-0.39, 0.29) is 32.9 Å². The SMILES string of the molecule is O=C(O)COCCN(CCOCC(=O)O)C(=O)OCc1ccccc1. The number of carboxylic acids is 2. The smallest absolute Gasteiger partial charge is 0.410 e. The Morgan fingerprint density at radius 1 is 0.880 bits per heavy atom. The monoisotopic (exact) mass is 355 g/mol. The Labute approximate surface area is 144 Å². The zero-order chi connectivity index (χ0) is 18.5. The van der Waals surface area contributed by atoms with Gasteiger partial charge in [-0.15, -0.1) is 0 Å². The molecule has 0 spiro atoms. The van der Waals surface area contributed by atoms with E-state index in [4.69, 9.17) is 24.4 Å². The third kappa shape index (κ3) is 9.95. The number of aliphatic carboxylic acids is 2. The molecule has 0 atom stereocenters. The van der Waals surface area contributed by atoms with Crippen LogP contribution in [-0.4, -0.2) is 72.7 Å². The fourth-order valence-corrected chi connectivity index (χ4v) is 1.77. The van der Waals surface area contributed by atoms with E-state index in [1.807, 2.05) is 30.3 Å². The van der Waals surface area contributed by atoms with Gasteiger partial charge in [-0.3, -0.25) is 0 Å². The van der Waals surface area contributed by atoms with Crippen LogP contribution in [0.25, 0.3) is 0 Å². The number of carbonyl (C=O) groups is 3. The van der Waals surface area contributed by atoms with Gasteiger partial charge in [0.2, 0.25) is 0 Å². The summed E-state index contributed by atoms with van der Waals surface area (Å²) >= 11 is 0. The highest BCUT2D eigenvalue weighted by atomic mass is 16.6. The Bertz CT molecular complexity index is 526. The van der Waals surface area contributed by atoms with Crippen molar-refractivity contribution in [2.24, 2.45) is 0 Å².